The predicted octanol–water partition coefficient (Wildman–Crippen LogP) is 1.47. The van der Waals surface area contributed by atoms with Gasteiger partial charge in [0, 0.05) is 26.2 Å². The summed E-state index contributed by atoms with van der Waals surface area (Å²) in [7, 11) is 1.73. The molecule has 18 heavy (non-hydrogen) atoms. The lowest BCUT2D eigenvalue weighted by Crippen LogP contribution is -2.32. The van der Waals surface area contributed by atoms with Gasteiger partial charge in [-0.3, -0.25) is 0 Å². The number of hydrogen-bond donors (Lipinski definition) is 1. The average molecular weight is 256 g/mol. The SMILES string of the molecule is CN(CCN1CCCC1)c1nc(N)c(F)cc1F. The highest BCUT2D eigenvalue weighted by Crippen LogP contribution is 2.19. The van der Waals surface area contributed by atoms with Crippen molar-refractivity contribution in [3.63, 3.8) is 0 Å². The first-order valence-electron chi connectivity index (χ1n) is 6.13. The van der Waals surface area contributed by atoms with Gasteiger partial charge in [0.15, 0.2) is 23.3 Å². The lowest BCUT2D eigenvalue weighted by molar-refractivity contribution is 0.346. The van der Waals surface area contributed by atoms with Crippen LogP contribution in [0.2, 0.25) is 0 Å². The normalized spacial score (nSPS) is 16.2. The van der Waals surface area contributed by atoms with E-state index in [9.17, 15) is 8.78 Å². The molecule has 1 aliphatic rings. The lowest BCUT2D eigenvalue weighted by Gasteiger charge is -2.22. The molecule has 1 fully saturated rings. The molecule has 0 spiro atoms. The fourth-order valence-corrected chi connectivity index (χ4v) is 2.14. The van der Waals surface area contributed by atoms with Crippen molar-refractivity contribution in [2.75, 3.05) is 43.9 Å². The van der Waals surface area contributed by atoms with E-state index in [-0.39, 0.29) is 11.6 Å². The van der Waals surface area contributed by atoms with E-state index >= 15 is 0 Å². The van der Waals surface area contributed by atoms with Gasteiger partial charge in [-0.15, -0.1) is 0 Å². The number of nitrogens with two attached hydrogens (primary N) is 1. The molecule has 4 nitrogen and oxygen atoms in total. The molecular weight excluding hydrogens is 238 g/mol. The van der Waals surface area contributed by atoms with Crippen molar-refractivity contribution in [2.24, 2.45) is 0 Å². The molecule has 1 saturated heterocycles. The maximum atomic E-state index is 13.6. The molecule has 0 saturated carbocycles. The third-order valence-corrected chi connectivity index (χ3v) is 3.25. The molecule has 0 bridgehead atoms. The van der Waals surface area contributed by atoms with Gasteiger partial charge in [-0.25, -0.2) is 13.8 Å². The van der Waals surface area contributed by atoms with Gasteiger partial charge in [0.1, 0.15) is 0 Å². The van der Waals surface area contributed by atoms with Gasteiger partial charge in [-0.2, -0.15) is 0 Å². The van der Waals surface area contributed by atoms with Crippen molar-refractivity contribution in [3.05, 3.63) is 17.7 Å². The maximum absolute atomic E-state index is 13.6. The average Bonchev–Trinajstić information content (AvgIpc) is 2.84. The summed E-state index contributed by atoms with van der Waals surface area (Å²) < 4.78 is 26.6. The Hall–Kier alpha value is -1.43. The van der Waals surface area contributed by atoms with E-state index in [1.807, 2.05) is 0 Å². The van der Waals surface area contributed by atoms with Crippen molar-refractivity contribution < 1.29 is 8.78 Å². The summed E-state index contributed by atoms with van der Waals surface area (Å²) in [6.07, 6.45) is 2.44. The predicted molar refractivity (Wildman–Crippen MR) is 67.5 cm³/mol. The number of rotatable bonds is 4. The van der Waals surface area contributed by atoms with Gasteiger partial charge in [0.25, 0.3) is 0 Å². The molecule has 1 aromatic rings. The number of nitrogen functional groups attached to an aromatic ring is 1. The van der Waals surface area contributed by atoms with E-state index in [1.54, 1.807) is 11.9 Å². The maximum Gasteiger partial charge on any atom is 0.168 e. The van der Waals surface area contributed by atoms with Crippen LogP contribution in [0.1, 0.15) is 12.8 Å². The third-order valence-electron chi connectivity index (χ3n) is 3.25. The van der Waals surface area contributed by atoms with Crippen molar-refractivity contribution >= 4 is 11.6 Å². The lowest BCUT2D eigenvalue weighted by atomic mass is 10.3. The van der Waals surface area contributed by atoms with Crippen LogP contribution in [-0.2, 0) is 0 Å². The molecule has 100 valence electrons. The Bertz CT molecular complexity index is 419. The summed E-state index contributed by atoms with van der Waals surface area (Å²) in [6, 6.07) is 0.782. The smallest absolute Gasteiger partial charge is 0.168 e. The van der Waals surface area contributed by atoms with Crippen LogP contribution in [-0.4, -0.2) is 43.1 Å². The van der Waals surface area contributed by atoms with E-state index in [4.69, 9.17) is 5.73 Å². The summed E-state index contributed by atoms with van der Waals surface area (Å²) >= 11 is 0. The zero-order valence-corrected chi connectivity index (χ0v) is 10.5. The largest absolute Gasteiger partial charge is 0.381 e. The fraction of sp³-hybridized carbons (Fsp3) is 0.583. The number of hydrogen-bond acceptors (Lipinski definition) is 4. The number of halogens is 2. The first kappa shape index (κ1) is 13.0. The van der Waals surface area contributed by atoms with Gasteiger partial charge >= 0.3 is 0 Å². The van der Waals surface area contributed by atoms with Gasteiger partial charge in [0.2, 0.25) is 0 Å². The van der Waals surface area contributed by atoms with Crippen molar-refractivity contribution in [3.8, 4) is 0 Å². The van der Waals surface area contributed by atoms with E-state index < -0.39 is 11.6 Å². The second-order valence-electron chi connectivity index (χ2n) is 4.63. The Kier molecular flexibility index (Phi) is 3.96. The number of likely N-dealkylation sites (N-methyl/N-ethyl adjacent to an activating group) is 1. The topological polar surface area (TPSA) is 45.4 Å². The molecule has 1 aromatic heterocycles. The van der Waals surface area contributed by atoms with E-state index in [2.05, 4.69) is 9.88 Å². The van der Waals surface area contributed by atoms with Gasteiger partial charge < -0.3 is 15.5 Å². The van der Waals surface area contributed by atoms with Crippen LogP contribution >= 0.6 is 0 Å². The number of nitrogens with zero attached hydrogens (tertiary/aromatic N) is 3. The molecule has 2 heterocycles. The van der Waals surface area contributed by atoms with E-state index in [1.165, 1.54) is 12.8 Å². The number of likely N-dealkylation sites (tertiary alicyclic amines) is 1. The summed E-state index contributed by atoms with van der Waals surface area (Å²) in [6.45, 7) is 3.69. The molecule has 1 aliphatic heterocycles. The highest BCUT2D eigenvalue weighted by molar-refractivity contribution is 5.46. The first-order chi connectivity index (χ1) is 8.58. The molecule has 0 radical (unpaired) electrons. The standard InChI is InChI=1S/C12H18F2N4/c1-17(6-7-18-4-2-3-5-18)12-10(14)8-9(13)11(15)16-12/h8H,2-7H2,1H3,(H2,15,16). The Morgan fingerprint density at radius 2 is 2.00 bits per heavy atom. The van der Waals surface area contributed by atoms with Crippen LogP contribution in [0.25, 0.3) is 0 Å². The van der Waals surface area contributed by atoms with E-state index in [0.717, 1.165) is 25.7 Å². The minimum absolute atomic E-state index is 0.105. The van der Waals surface area contributed by atoms with Crippen LogP contribution in [0.15, 0.2) is 6.07 Å². The van der Waals surface area contributed by atoms with Gasteiger partial charge in [-0.05, 0) is 25.9 Å². The van der Waals surface area contributed by atoms with Crippen LogP contribution in [0.5, 0.6) is 0 Å². The molecule has 0 aliphatic carbocycles. The summed E-state index contributed by atoms with van der Waals surface area (Å²) in [5.41, 5.74) is 5.36. The minimum atomic E-state index is -0.816. The quantitative estimate of drug-likeness (QED) is 0.886. The number of anilines is 2. The molecule has 0 unspecified atom stereocenters. The van der Waals surface area contributed by atoms with Crippen molar-refractivity contribution in [2.45, 2.75) is 12.8 Å². The minimum Gasteiger partial charge on any atom is -0.381 e. The second-order valence-corrected chi connectivity index (χ2v) is 4.63. The third kappa shape index (κ3) is 2.87. The van der Waals surface area contributed by atoms with Crippen molar-refractivity contribution in [1.29, 1.82) is 0 Å². The molecule has 0 amide bonds. The zero-order valence-electron chi connectivity index (χ0n) is 10.5. The van der Waals surface area contributed by atoms with Crippen LogP contribution in [0.3, 0.4) is 0 Å². The first-order valence-corrected chi connectivity index (χ1v) is 6.13. The summed E-state index contributed by atoms with van der Waals surface area (Å²) in [5, 5.41) is 0. The molecule has 0 aromatic carbocycles. The molecule has 6 heteroatoms. The molecular formula is C12H18F2N4. The molecule has 2 rings (SSSR count). The van der Waals surface area contributed by atoms with Gasteiger partial charge in [0.05, 0.1) is 0 Å². The van der Waals surface area contributed by atoms with Crippen LogP contribution in [0.4, 0.5) is 20.4 Å². The Balaban J connectivity index is 1.99. The second kappa shape index (κ2) is 5.48. The Labute approximate surface area is 105 Å². The highest BCUT2D eigenvalue weighted by Gasteiger charge is 2.16. The monoisotopic (exact) mass is 256 g/mol. The van der Waals surface area contributed by atoms with Crippen molar-refractivity contribution in [1.82, 2.24) is 9.88 Å². The number of pyridine rings is 1. The van der Waals surface area contributed by atoms with Gasteiger partial charge in [-0.1, -0.05) is 0 Å². The zero-order chi connectivity index (χ0) is 13.1. The molecule has 0 atom stereocenters. The Morgan fingerprint density at radius 1 is 1.33 bits per heavy atom. The summed E-state index contributed by atoms with van der Waals surface area (Å²) in [4.78, 5) is 7.74. The highest BCUT2D eigenvalue weighted by atomic mass is 19.1. The Morgan fingerprint density at radius 3 is 2.67 bits per heavy atom. The van der Waals surface area contributed by atoms with Crippen LogP contribution in [0, 0.1) is 11.6 Å². The number of aromatic nitrogens is 1. The van der Waals surface area contributed by atoms with Crippen LogP contribution < -0.4 is 10.6 Å². The van der Waals surface area contributed by atoms with E-state index in [0.29, 0.717) is 6.54 Å². The summed E-state index contributed by atoms with van der Waals surface area (Å²) in [5.74, 6) is -1.65. The molecule has 2 N–H and O–H groups in total. The fourth-order valence-electron chi connectivity index (χ4n) is 2.14.